The zero-order chi connectivity index (χ0) is 28.2. The van der Waals surface area contributed by atoms with Gasteiger partial charge in [-0.15, -0.1) is 0 Å². The first-order chi connectivity index (χ1) is 18.9. The van der Waals surface area contributed by atoms with Crippen molar-refractivity contribution in [2.24, 2.45) is 0 Å². The van der Waals surface area contributed by atoms with E-state index >= 15 is 0 Å². The lowest BCUT2D eigenvalue weighted by Gasteiger charge is -2.17. The van der Waals surface area contributed by atoms with E-state index in [4.69, 9.17) is 15.0 Å². The van der Waals surface area contributed by atoms with Crippen molar-refractivity contribution in [2.45, 2.75) is 116 Å². The zero-order valence-corrected chi connectivity index (χ0v) is 27.2. The first-order valence-electron chi connectivity index (χ1n) is 14.7. The van der Waals surface area contributed by atoms with E-state index < -0.39 is 7.60 Å². The van der Waals surface area contributed by atoms with E-state index in [-0.39, 0.29) is 25.2 Å². The van der Waals surface area contributed by atoms with Crippen LogP contribution in [0.3, 0.4) is 0 Å². The van der Waals surface area contributed by atoms with Crippen molar-refractivity contribution in [1.29, 1.82) is 0 Å². The fourth-order valence-electron chi connectivity index (χ4n) is 4.31. The summed E-state index contributed by atoms with van der Waals surface area (Å²) in [5.41, 5.74) is 6.94. The van der Waals surface area contributed by atoms with Gasteiger partial charge in [0.15, 0.2) is 11.5 Å². The summed E-state index contributed by atoms with van der Waals surface area (Å²) >= 11 is 0. The molecule has 0 aliphatic heterocycles. The van der Waals surface area contributed by atoms with Crippen LogP contribution < -0.4 is 11.9 Å². The van der Waals surface area contributed by atoms with Crippen LogP contribution in [0.4, 0.5) is 5.82 Å². The Morgan fingerprint density at radius 2 is 1.50 bits per heavy atom. The van der Waals surface area contributed by atoms with Crippen molar-refractivity contribution in [3.05, 3.63) is 12.7 Å². The summed E-state index contributed by atoms with van der Waals surface area (Å²) in [4.78, 5) is 22.4. The molecular weight excluding hydrogens is 567 g/mol. The number of fused-ring (bicyclic) bond motifs is 1. The van der Waals surface area contributed by atoms with Gasteiger partial charge < -0.3 is 30.6 Å². The fourth-order valence-corrected chi connectivity index (χ4v) is 7.30. The molecule has 0 saturated heterocycles. The molecule has 0 fully saturated rings. The smallest absolute Gasteiger partial charge is 0.353 e. The largest absolute Gasteiger partial charge is 0.382 e. The highest BCUT2D eigenvalue weighted by Gasteiger charge is 2.21. The van der Waals surface area contributed by atoms with Gasteiger partial charge in [-0.3, -0.25) is 4.57 Å². The van der Waals surface area contributed by atoms with Crippen molar-refractivity contribution in [2.75, 3.05) is 30.2 Å². The molecule has 10 nitrogen and oxygen atoms in total. The molecule has 0 bridgehead atoms. The van der Waals surface area contributed by atoms with Gasteiger partial charge in [-0.2, -0.15) is 0 Å². The van der Waals surface area contributed by atoms with E-state index in [9.17, 15) is 9.46 Å². The number of rotatable bonds is 25. The standard InChI is InChI=1S/C27H50N5O4PS2.H3N/c1-3-4-5-6-7-8-9-10-11-12-13-14-15-16-18-38-39-19-17-36-37(33,34)23-35-24(2)20-32-22-31-25-26(28)29-21-30-27(25)32;/h21-22,24H,3-20,23H2,1-2H3,(H,33,34)(H2,28,29,30);1H3/t24-;/m1./s1. The Hall–Kier alpha value is -0.880. The van der Waals surface area contributed by atoms with Crippen LogP contribution in [-0.4, -0.2) is 55.0 Å². The van der Waals surface area contributed by atoms with Gasteiger partial charge in [0.05, 0.1) is 25.6 Å². The quantitative estimate of drug-likeness (QED) is 0.0560. The Kier molecular flexibility index (Phi) is 21.1. The van der Waals surface area contributed by atoms with Crippen molar-refractivity contribution in [1.82, 2.24) is 25.7 Å². The third-order valence-electron chi connectivity index (χ3n) is 6.53. The van der Waals surface area contributed by atoms with E-state index in [1.807, 2.05) is 17.7 Å². The Bertz CT molecular complexity index is 955. The molecule has 0 amide bonds. The SMILES string of the molecule is CCCCCCCCCCCCCCCCSSCCOP(=O)(O)CO[C@H](C)Cn1cnc2c(N)ncnc21.N. The number of anilines is 1. The molecule has 0 saturated carbocycles. The number of nitrogen functional groups attached to an aromatic ring is 1. The van der Waals surface area contributed by atoms with Gasteiger partial charge in [0.1, 0.15) is 18.2 Å². The number of nitrogens with two attached hydrogens (primary N) is 1. The minimum absolute atomic E-state index is 0. The topological polar surface area (TPSA) is 160 Å². The van der Waals surface area contributed by atoms with Gasteiger partial charge in [-0.05, 0) is 13.3 Å². The van der Waals surface area contributed by atoms with Crippen LogP contribution in [0.1, 0.15) is 104 Å². The summed E-state index contributed by atoms with van der Waals surface area (Å²) in [6.45, 7) is 4.74. The summed E-state index contributed by atoms with van der Waals surface area (Å²) in [5.74, 6) is 2.10. The molecule has 0 aliphatic carbocycles. The van der Waals surface area contributed by atoms with Crippen LogP contribution in [0, 0.1) is 0 Å². The monoisotopic (exact) mass is 620 g/mol. The van der Waals surface area contributed by atoms with E-state index in [1.165, 1.54) is 96.2 Å². The molecule has 2 atom stereocenters. The number of unbranched alkanes of at least 4 members (excludes halogenated alkanes) is 13. The van der Waals surface area contributed by atoms with E-state index in [1.54, 1.807) is 21.7 Å². The predicted octanol–water partition coefficient (Wildman–Crippen LogP) is 8.00. The van der Waals surface area contributed by atoms with Crippen LogP contribution in [0.25, 0.3) is 11.2 Å². The molecule has 0 aromatic carbocycles. The summed E-state index contributed by atoms with van der Waals surface area (Å²) in [5, 5.41) is 0. The predicted molar refractivity (Wildman–Crippen MR) is 171 cm³/mol. The molecule has 6 N–H and O–H groups in total. The van der Waals surface area contributed by atoms with Crippen LogP contribution in [0.2, 0.25) is 0 Å². The van der Waals surface area contributed by atoms with Gasteiger partial charge in [-0.25, -0.2) is 15.0 Å². The first-order valence-corrected chi connectivity index (χ1v) is 18.9. The summed E-state index contributed by atoms with van der Waals surface area (Å²) in [6, 6.07) is 0. The molecule has 2 aromatic rings. The van der Waals surface area contributed by atoms with Crippen molar-refractivity contribution >= 4 is 46.2 Å². The molecule has 2 aromatic heterocycles. The highest BCUT2D eigenvalue weighted by molar-refractivity contribution is 8.76. The average molecular weight is 621 g/mol. The maximum Gasteiger partial charge on any atom is 0.353 e. The minimum atomic E-state index is -3.80. The van der Waals surface area contributed by atoms with Crippen LogP contribution >= 0.6 is 29.2 Å². The molecule has 40 heavy (non-hydrogen) atoms. The van der Waals surface area contributed by atoms with Crippen molar-refractivity contribution in [3.8, 4) is 0 Å². The summed E-state index contributed by atoms with van der Waals surface area (Å²) in [6.07, 6.45) is 21.5. The van der Waals surface area contributed by atoms with Gasteiger partial charge in [0.25, 0.3) is 0 Å². The van der Waals surface area contributed by atoms with Crippen molar-refractivity contribution < 1.29 is 18.7 Å². The second kappa shape index (κ2) is 22.7. The molecule has 0 spiro atoms. The maximum atomic E-state index is 12.3. The number of ether oxygens (including phenoxy) is 1. The average Bonchev–Trinajstić information content (AvgIpc) is 3.32. The van der Waals surface area contributed by atoms with Gasteiger partial charge in [-0.1, -0.05) is 112 Å². The van der Waals surface area contributed by atoms with Crippen molar-refractivity contribution in [3.63, 3.8) is 0 Å². The second-order valence-electron chi connectivity index (χ2n) is 10.1. The second-order valence-corrected chi connectivity index (χ2v) is 14.6. The normalized spacial score (nSPS) is 13.8. The molecular formula is C27H53N6O4PS2. The number of nitrogens with zero attached hydrogens (tertiary/aromatic N) is 4. The molecule has 2 heterocycles. The number of hydrogen-bond acceptors (Lipinski definition) is 10. The van der Waals surface area contributed by atoms with Gasteiger partial charge in [0, 0.05) is 11.5 Å². The van der Waals surface area contributed by atoms with E-state index in [2.05, 4.69) is 21.9 Å². The zero-order valence-electron chi connectivity index (χ0n) is 24.7. The van der Waals surface area contributed by atoms with Crippen LogP contribution in [0.5, 0.6) is 0 Å². The third-order valence-corrected chi connectivity index (χ3v) is 10.0. The van der Waals surface area contributed by atoms with Gasteiger partial charge >= 0.3 is 7.60 Å². The molecule has 2 rings (SSSR count). The van der Waals surface area contributed by atoms with E-state index in [0.717, 1.165) is 5.75 Å². The highest BCUT2D eigenvalue weighted by atomic mass is 33.1. The highest BCUT2D eigenvalue weighted by Crippen LogP contribution is 2.42. The molecule has 1 unspecified atom stereocenters. The lowest BCUT2D eigenvalue weighted by atomic mass is 10.0. The Labute approximate surface area is 249 Å². The molecule has 0 aliphatic rings. The summed E-state index contributed by atoms with van der Waals surface area (Å²) in [7, 11) is -0.289. The molecule has 0 radical (unpaired) electrons. The Morgan fingerprint density at radius 1 is 0.925 bits per heavy atom. The van der Waals surface area contributed by atoms with E-state index in [0.29, 0.717) is 29.3 Å². The van der Waals surface area contributed by atoms with Crippen LogP contribution in [-0.2, 0) is 20.4 Å². The number of imidazole rings is 1. The first kappa shape index (κ1) is 37.1. The summed E-state index contributed by atoms with van der Waals surface area (Å²) < 4.78 is 24.9. The lowest BCUT2D eigenvalue weighted by molar-refractivity contribution is 0.0724. The number of aromatic nitrogens is 4. The Morgan fingerprint density at radius 3 is 2.12 bits per heavy atom. The fraction of sp³-hybridized carbons (Fsp3) is 0.815. The third kappa shape index (κ3) is 16.5. The molecule has 13 heteroatoms. The number of hydrogen-bond donors (Lipinski definition) is 3. The van der Waals surface area contributed by atoms with Gasteiger partial charge in [0.2, 0.25) is 0 Å². The minimum Gasteiger partial charge on any atom is -0.382 e. The van der Waals surface area contributed by atoms with Crippen LogP contribution in [0.15, 0.2) is 12.7 Å². The Balaban J connectivity index is 0.00000800. The lowest BCUT2D eigenvalue weighted by Crippen LogP contribution is -2.17. The molecule has 232 valence electrons. The maximum absolute atomic E-state index is 12.3.